The van der Waals surface area contributed by atoms with Crippen molar-refractivity contribution in [3.05, 3.63) is 38.0 Å². The van der Waals surface area contributed by atoms with E-state index in [0.717, 1.165) is 17.8 Å². The topological polar surface area (TPSA) is 24.9 Å². The van der Waals surface area contributed by atoms with Gasteiger partial charge in [-0.1, -0.05) is 0 Å². The molecule has 0 radical (unpaired) electrons. The van der Waals surface area contributed by atoms with E-state index in [9.17, 15) is 0 Å². The molecule has 0 aliphatic rings. The molecule has 2 heterocycles. The second kappa shape index (κ2) is 5.76. The lowest BCUT2D eigenvalue weighted by molar-refractivity contribution is 0.555. The zero-order chi connectivity index (χ0) is 12.3. The summed E-state index contributed by atoms with van der Waals surface area (Å²) in [6.07, 6.45) is 2.26. The van der Waals surface area contributed by atoms with Crippen molar-refractivity contribution in [2.45, 2.75) is 32.7 Å². The first kappa shape index (κ1) is 12.7. The normalized spacial score (nSPS) is 12.9. The third-order valence-corrected chi connectivity index (χ3v) is 4.82. The summed E-state index contributed by atoms with van der Waals surface area (Å²) >= 11 is 3.59. The Balaban J connectivity index is 2.04. The molecule has 4 heteroatoms. The predicted molar refractivity (Wildman–Crippen MR) is 76.0 cm³/mol. The van der Waals surface area contributed by atoms with Gasteiger partial charge in [0, 0.05) is 10.9 Å². The number of hydrogen-bond acceptors (Lipinski definition) is 4. The van der Waals surface area contributed by atoms with E-state index >= 15 is 0 Å². The van der Waals surface area contributed by atoms with Crippen LogP contribution in [0.2, 0.25) is 0 Å². The lowest BCUT2D eigenvalue weighted by Gasteiger charge is -2.14. The molecule has 17 heavy (non-hydrogen) atoms. The van der Waals surface area contributed by atoms with E-state index in [2.05, 4.69) is 41.0 Å². The van der Waals surface area contributed by atoms with E-state index in [1.807, 2.05) is 18.4 Å². The van der Waals surface area contributed by atoms with Gasteiger partial charge in [0.15, 0.2) is 0 Å². The highest BCUT2D eigenvalue weighted by atomic mass is 32.1. The van der Waals surface area contributed by atoms with Crippen LogP contribution in [0.3, 0.4) is 0 Å². The van der Waals surface area contributed by atoms with Crippen LogP contribution in [0.4, 0.5) is 0 Å². The Hall–Kier alpha value is -0.710. The van der Waals surface area contributed by atoms with Gasteiger partial charge >= 0.3 is 0 Å². The number of nitrogens with one attached hydrogen (secondary N) is 1. The Morgan fingerprint density at radius 3 is 2.76 bits per heavy atom. The van der Waals surface area contributed by atoms with E-state index < -0.39 is 0 Å². The maximum atomic E-state index is 4.51. The number of thiophene rings is 1. The van der Waals surface area contributed by atoms with Crippen LogP contribution >= 0.6 is 22.7 Å². The largest absolute Gasteiger partial charge is 0.312 e. The van der Waals surface area contributed by atoms with Crippen LogP contribution in [0.25, 0.3) is 0 Å². The molecule has 1 unspecified atom stereocenters. The molecule has 2 rings (SSSR count). The first-order chi connectivity index (χ1) is 8.20. The van der Waals surface area contributed by atoms with Crippen LogP contribution in [0.5, 0.6) is 0 Å². The predicted octanol–water partition coefficient (Wildman–Crippen LogP) is 3.71. The monoisotopic (exact) mass is 266 g/mol. The van der Waals surface area contributed by atoms with E-state index in [4.69, 9.17) is 0 Å². The minimum atomic E-state index is 0.432. The van der Waals surface area contributed by atoms with Gasteiger partial charge < -0.3 is 5.32 Å². The average Bonchev–Trinajstić information content (AvgIpc) is 2.90. The van der Waals surface area contributed by atoms with Crippen molar-refractivity contribution >= 4 is 22.7 Å². The molecule has 0 saturated heterocycles. The van der Waals surface area contributed by atoms with Gasteiger partial charge in [0.05, 0.1) is 10.7 Å². The molecule has 0 aromatic carbocycles. The molecule has 1 N–H and O–H groups in total. The van der Waals surface area contributed by atoms with Gasteiger partial charge in [-0.15, -0.1) is 11.3 Å². The summed E-state index contributed by atoms with van der Waals surface area (Å²) in [7, 11) is 2.03. The number of rotatable bonds is 5. The molecule has 0 aliphatic heterocycles. The fourth-order valence-electron chi connectivity index (χ4n) is 2.02. The average molecular weight is 266 g/mol. The first-order valence-corrected chi connectivity index (χ1v) is 7.59. The van der Waals surface area contributed by atoms with E-state index in [0.29, 0.717) is 6.04 Å². The Morgan fingerprint density at radius 2 is 2.24 bits per heavy atom. The summed E-state index contributed by atoms with van der Waals surface area (Å²) in [6.45, 7) is 4.18. The number of nitrogens with zero attached hydrogens (tertiary/aromatic N) is 1. The van der Waals surface area contributed by atoms with E-state index in [1.165, 1.54) is 16.1 Å². The molecule has 0 amide bonds. The van der Waals surface area contributed by atoms with E-state index in [1.54, 1.807) is 11.3 Å². The second-order valence-corrected chi connectivity index (χ2v) is 6.21. The zero-order valence-electron chi connectivity index (χ0n) is 10.5. The van der Waals surface area contributed by atoms with Gasteiger partial charge in [0.2, 0.25) is 0 Å². The lowest BCUT2D eigenvalue weighted by atomic mass is 10.1. The van der Waals surface area contributed by atoms with Crippen LogP contribution in [-0.4, -0.2) is 12.0 Å². The van der Waals surface area contributed by atoms with Crippen molar-refractivity contribution < 1.29 is 0 Å². The maximum absolute atomic E-state index is 4.51. The van der Waals surface area contributed by atoms with Gasteiger partial charge in [0.25, 0.3) is 0 Å². The molecule has 0 aliphatic carbocycles. The first-order valence-electron chi connectivity index (χ1n) is 5.83. The third-order valence-electron chi connectivity index (χ3n) is 2.91. The van der Waals surface area contributed by atoms with Gasteiger partial charge in [-0.2, -0.15) is 11.3 Å². The van der Waals surface area contributed by atoms with Crippen LogP contribution < -0.4 is 5.32 Å². The Kier molecular flexibility index (Phi) is 4.31. The number of aryl methyl sites for hydroxylation is 3. The molecule has 0 bridgehead atoms. The fraction of sp³-hybridized carbons (Fsp3) is 0.462. The summed E-state index contributed by atoms with van der Waals surface area (Å²) in [5, 5.41) is 8.95. The summed E-state index contributed by atoms with van der Waals surface area (Å²) in [6, 6.07) is 2.64. The molecule has 0 spiro atoms. The summed E-state index contributed by atoms with van der Waals surface area (Å²) in [5.74, 6) is 0. The highest BCUT2D eigenvalue weighted by Crippen LogP contribution is 2.28. The lowest BCUT2D eigenvalue weighted by Crippen LogP contribution is -2.16. The van der Waals surface area contributed by atoms with Gasteiger partial charge in [-0.3, -0.25) is 0 Å². The number of hydrogen-bond donors (Lipinski definition) is 1. The number of thiazole rings is 1. The molecular formula is C13H18N2S2. The molecule has 0 saturated carbocycles. The van der Waals surface area contributed by atoms with Gasteiger partial charge in [-0.05, 0) is 56.1 Å². The van der Waals surface area contributed by atoms with Crippen molar-refractivity contribution in [3.8, 4) is 0 Å². The van der Waals surface area contributed by atoms with Crippen molar-refractivity contribution in [3.63, 3.8) is 0 Å². The Labute approximate surface area is 111 Å². The maximum Gasteiger partial charge on any atom is 0.0900 e. The van der Waals surface area contributed by atoms with E-state index in [-0.39, 0.29) is 0 Å². The molecule has 2 aromatic rings. The summed E-state index contributed by atoms with van der Waals surface area (Å²) in [5.41, 5.74) is 2.62. The molecule has 1 atom stereocenters. The molecular weight excluding hydrogens is 248 g/mol. The van der Waals surface area contributed by atoms with Crippen LogP contribution in [0.15, 0.2) is 16.8 Å². The smallest absolute Gasteiger partial charge is 0.0900 e. The molecule has 92 valence electrons. The molecule has 0 fully saturated rings. The van der Waals surface area contributed by atoms with Crippen LogP contribution in [0, 0.1) is 13.8 Å². The SMILES string of the molecule is CNC(CCc1ccsc1)c1sc(C)nc1C. The highest BCUT2D eigenvalue weighted by molar-refractivity contribution is 7.11. The van der Waals surface area contributed by atoms with Gasteiger partial charge in [-0.25, -0.2) is 4.98 Å². The zero-order valence-corrected chi connectivity index (χ0v) is 12.1. The Bertz CT molecular complexity index is 460. The summed E-state index contributed by atoms with van der Waals surface area (Å²) < 4.78 is 0. The standard InChI is InChI=1S/C13H18N2S2/c1-9-13(17-10(2)15-9)12(14-3)5-4-11-6-7-16-8-11/h6-8,12,14H,4-5H2,1-3H3. The van der Waals surface area contributed by atoms with Crippen molar-refractivity contribution in [1.29, 1.82) is 0 Å². The van der Waals surface area contributed by atoms with Crippen molar-refractivity contribution in [2.24, 2.45) is 0 Å². The fourth-order valence-corrected chi connectivity index (χ4v) is 3.80. The van der Waals surface area contributed by atoms with Crippen molar-refractivity contribution in [1.82, 2.24) is 10.3 Å². The van der Waals surface area contributed by atoms with Gasteiger partial charge in [0.1, 0.15) is 0 Å². The quantitative estimate of drug-likeness (QED) is 0.892. The second-order valence-electron chi connectivity index (χ2n) is 4.19. The van der Waals surface area contributed by atoms with Crippen molar-refractivity contribution in [2.75, 3.05) is 7.05 Å². The minimum Gasteiger partial charge on any atom is -0.312 e. The third kappa shape index (κ3) is 3.15. The van der Waals surface area contributed by atoms with Crippen LogP contribution in [0.1, 0.15) is 33.6 Å². The highest BCUT2D eigenvalue weighted by Gasteiger charge is 2.15. The van der Waals surface area contributed by atoms with Crippen LogP contribution in [-0.2, 0) is 6.42 Å². The minimum absolute atomic E-state index is 0.432. The molecule has 2 nitrogen and oxygen atoms in total. The number of aromatic nitrogens is 1. The molecule has 2 aromatic heterocycles. The summed E-state index contributed by atoms with van der Waals surface area (Å²) in [4.78, 5) is 5.89. The Morgan fingerprint density at radius 1 is 1.41 bits per heavy atom.